The van der Waals surface area contributed by atoms with E-state index in [1.807, 2.05) is 48.5 Å². The lowest BCUT2D eigenvalue weighted by molar-refractivity contribution is 0.380. The summed E-state index contributed by atoms with van der Waals surface area (Å²) in [4.78, 5) is 4.67. The van der Waals surface area contributed by atoms with Crippen LogP contribution in [0.1, 0.15) is 5.89 Å². The molecule has 3 aromatic carbocycles. The van der Waals surface area contributed by atoms with E-state index in [0.29, 0.717) is 16.4 Å². The van der Waals surface area contributed by atoms with Gasteiger partial charge in [-0.2, -0.15) is 4.98 Å². The first-order valence-electron chi connectivity index (χ1n) is 8.07. The monoisotopic (exact) mass is 363 g/mol. The topological polar surface area (TPSA) is 76.3 Å². The number of anilines is 1. The highest BCUT2D eigenvalue weighted by molar-refractivity contribution is 7.93. The molecule has 4 aromatic rings. The lowest BCUT2D eigenvalue weighted by Crippen LogP contribution is -2.26. The van der Waals surface area contributed by atoms with E-state index in [9.17, 15) is 8.42 Å². The van der Waals surface area contributed by atoms with Crippen LogP contribution >= 0.6 is 0 Å². The molecule has 1 aliphatic heterocycles. The predicted octanol–water partition coefficient (Wildman–Crippen LogP) is 3.60. The van der Waals surface area contributed by atoms with Gasteiger partial charge in [-0.3, -0.25) is 4.31 Å². The van der Waals surface area contributed by atoms with Crippen LogP contribution in [0, 0.1) is 0 Å². The van der Waals surface area contributed by atoms with Crippen LogP contribution in [-0.2, 0) is 16.6 Å². The molecule has 26 heavy (non-hydrogen) atoms. The van der Waals surface area contributed by atoms with Gasteiger partial charge in [0.2, 0.25) is 11.7 Å². The Morgan fingerprint density at radius 2 is 1.69 bits per heavy atom. The number of hydrogen-bond donors (Lipinski definition) is 0. The molecule has 0 aliphatic carbocycles. The minimum absolute atomic E-state index is 0.00401. The zero-order valence-electron chi connectivity index (χ0n) is 13.5. The zero-order valence-corrected chi connectivity index (χ0v) is 14.3. The molecular weight excluding hydrogens is 350 g/mol. The van der Waals surface area contributed by atoms with Gasteiger partial charge in [0.15, 0.2) is 0 Å². The predicted molar refractivity (Wildman–Crippen MR) is 97.1 cm³/mol. The highest BCUT2D eigenvalue weighted by atomic mass is 32.2. The Bertz CT molecular complexity index is 1230. The summed E-state index contributed by atoms with van der Waals surface area (Å²) in [7, 11) is -3.65. The lowest BCUT2D eigenvalue weighted by Gasteiger charge is -2.16. The average Bonchev–Trinajstić information content (AvgIpc) is 3.22. The van der Waals surface area contributed by atoms with Crippen LogP contribution in [0.2, 0.25) is 0 Å². The van der Waals surface area contributed by atoms with E-state index in [1.54, 1.807) is 18.2 Å². The molecule has 0 radical (unpaired) electrons. The largest absolute Gasteiger partial charge is 0.337 e. The summed E-state index contributed by atoms with van der Waals surface area (Å²) in [6, 6.07) is 20.2. The molecule has 1 aromatic heterocycles. The van der Waals surface area contributed by atoms with Crippen LogP contribution in [0.3, 0.4) is 0 Å². The van der Waals surface area contributed by atoms with Gasteiger partial charge >= 0.3 is 0 Å². The van der Waals surface area contributed by atoms with Crippen molar-refractivity contribution < 1.29 is 12.9 Å². The minimum atomic E-state index is -3.65. The summed E-state index contributed by atoms with van der Waals surface area (Å²) in [5.41, 5.74) is 1.45. The highest BCUT2D eigenvalue weighted by Crippen LogP contribution is 2.42. The smallest absolute Gasteiger partial charge is 0.265 e. The van der Waals surface area contributed by atoms with Crippen LogP contribution in [0.15, 0.2) is 76.1 Å². The van der Waals surface area contributed by atoms with Crippen LogP contribution in [-0.4, -0.2) is 18.6 Å². The fraction of sp³-hybridized carbons (Fsp3) is 0.0526. The van der Waals surface area contributed by atoms with E-state index in [4.69, 9.17) is 4.52 Å². The molecule has 0 unspecified atom stereocenters. The Morgan fingerprint density at radius 3 is 2.50 bits per heavy atom. The second kappa shape index (κ2) is 5.40. The standard InChI is InChI=1S/C19H13N3O3S/c23-26(24)16-11-5-9-13-8-4-10-15(18(13)16)22(26)12-17-20-19(21-25-17)14-6-2-1-3-7-14/h1-11H,12H2. The molecule has 0 saturated carbocycles. The maximum Gasteiger partial charge on any atom is 0.265 e. The summed E-state index contributed by atoms with van der Waals surface area (Å²) < 4.78 is 32.6. The summed E-state index contributed by atoms with van der Waals surface area (Å²) in [6.07, 6.45) is 0. The van der Waals surface area contributed by atoms with E-state index in [0.717, 1.165) is 16.3 Å². The Kier molecular flexibility index (Phi) is 3.14. The van der Waals surface area contributed by atoms with Crippen molar-refractivity contribution in [1.82, 2.24) is 10.1 Å². The van der Waals surface area contributed by atoms with Crippen molar-refractivity contribution in [2.24, 2.45) is 0 Å². The van der Waals surface area contributed by atoms with E-state index >= 15 is 0 Å². The van der Waals surface area contributed by atoms with Gasteiger partial charge in [-0.15, -0.1) is 0 Å². The van der Waals surface area contributed by atoms with Gasteiger partial charge in [0.05, 0.1) is 10.6 Å². The van der Waals surface area contributed by atoms with Crippen LogP contribution in [0.25, 0.3) is 22.2 Å². The first-order chi connectivity index (χ1) is 12.6. The van der Waals surface area contributed by atoms with E-state index in [1.165, 1.54) is 4.31 Å². The van der Waals surface area contributed by atoms with Crippen molar-refractivity contribution in [2.45, 2.75) is 11.4 Å². The van der Waals surface area contributed by atoms with E-state index in [-0.39, 0.29) is 12.4 Å². The molecule has 5 rings (SSSR count). The van der Waals surface area contributed by atoms with Gasteiger partial charge in [0.25, 0.3) is 10.0 Å². The normalized spacial score (nSPS) is 14.8. The second-order valence-corrected chi connectivity index (χ2v) is 7.85. The Labute approximate surface area is 149 Å². The molecular formula is C19H13N3O3S. The zero-order chi connectivity index (χ0) is 17.7. The SMILES string of the molecule is O=S1(=O)c2cccc3cccc(c23)N1Cc1nc(-c2ccccc2)no1. The summed E-state index contributed by atoms with van der Waals surface area (Å²) in [5.74, 6) is 0.685. The first kappa shape index (κ1) is 15.1. The molecule has 0 N–H and O–H groups in total. The molecule has 7 heteroatoms. The Balaban J connectivity index is 1.56. The molecule has 0 saturated heterocycles. The number of sulfonamides is 1. The van der Waals surface area contributed by atoms with E-state index in [2.05, 4.69) is 10.1 Å². The van der Waals surface area contributed by atoms with Crippen molar-refractivity contribution in [3.63, 3.8) is 0 Å². The molecule has 0 amide bonds. The maximum absolute atomic E-state index is 13.0. The fourth-order valence-electron chi connectivity index (χ4n) is 3.27. The number of aromatic nitrogens is 2. The van der Waals surface area contributed by atoms with Crippen molar-refractivity contribution in [1.29, 1.82) is 0 Å². The van der Waals surface area contributed by atoms with Crippen molar-refractivity contribution in [3.8, 4) is 11.4 Å². The third-order valence-electron chi connectivity index (χ3n) is 4.46. The number of nitrogens with zero attached hydrogens (tertiary/aromatic N) is 3. The summed E-state index contributed by atoms with van der Waals surface area (Å²) in [6.45, 7) is -0.00401. The molecule has 0 spiro atoms. The maximum atomic E-state index is 13.0. The average molecular weight is 363 g/mol. The lowest BCUT2D eigenvalue weighted by atomic mass is 10.1. The first-order valence-corrected chi connectivity index (χ1v) is 9.51. The minimum Gasteiger partial charge on any atom is -0.337 e. The molecule has 0 fully saturated rings. The molecule has 6 nitrogen and oxygen atoms in total. The van der Waals surface area contributed by atoms with Gasteiger partial charge < -0.3 is 4.52 Å². The highest BCUT2D eigenvalue weighted by Gasteiger charge is 2.36. The van der Waals surface area contributed by atoms with Crippen LogP contribution in [0.4, 0.5) is 5.69 Å². The van der Waals surface area contributed by atoms with Gasteiger partial charge in [-0.05, 0) is 17.5 Å². The number of benzene rings is 3. The Morgan fingerprint density at radius 1 is 0.923 bits per heavy atom. The fourth-order valence-corrected chi connectivity index (χ4v) is 4.93. The molecule has 2 heterocycles. The van der Waals surface area contributed by atoms with Gasteiger partial charge in [0, 0.05) is 10.9 Å². The van der Waals surface area contributed by atoms with Crippen molar-refractivity contribution >= 4 is 26.5 Å². The molecule has 0 bridgehead atoms. The quantitative estimate of drug-likeness (QED) is 0.556. The van der Waals surface area contributed by atoms with Gasteiger partial charge in [0.1, 0.15) is 6.54 Å². The van der Waals surface area contributed by atoms with Gasteiger partial charge in [-0.1, -0.05) is 59.8 Å². The number of hydrogen-bond acceptors (Lipinski definition) is 5. The molecule has 1 aliphatic rings. The Hall–Kier alpha value is -3.19. The molecule has 0 atom stereocenters. The third-order valence-corrected chi connectivity index (χ3v) is 6.26. The molecule has 128 valence electrons. The van der Waals surface area contributed by atoms with Crippen molar-refractivity contribution in [3.05, 3.63) is 72.6 Å². The summed E-state index contributed by atoms with van der Waals surface area (Å²) >= 11 is 0. The van der Waals surface area contributed by atoms with Crippen LogP contribution in [0.5, 0.6) is 0 Å². The van der Waals surface area contributed by atoms with Crippen molar-refractivity contribution in [2.75, 3.05) is 4.31 Å². The van der Waals surface area contributed by atoms with E-state index < -0.39 is 10.0 Å². The second-order valence-electron chi connectivity index (χ2n) is 6.02. The summed E-state index contributed by atoms with van der Waals surface area (Å²) in [5, 5.41) is 5.59. The van der Waals surface area contributed by atoms with Gasteiger partial charge in [-0.25, -0.2) is 8.42 Å². The third kappa shape index (κ3) is 2.14. The number of rotatable bonds is 3. The van der Waals surface area contributed by atoms with Crippen LogP contribution < -0.4 is 4.31 Å².